The van der Waals surface area contributed by atoms with Gasteiger partial charge in [-0.15, -0.1) is 0 Å². The molecule has 0 radical (unpaired) electrons. The first kappa shape index (κ1) is 14.5. The molecule has 0 aliphatic heterocycles. The minimum Gasteiger partial charge on any atom is -0.508 e. The van der Waals surface area contributed by atoms with E-state index in [0.717, 1.165) is 0 Å². The molecule has 20 heavy (non-hydrogen) atoms. The largest absolute Gasteiger partial charge is 0.508 e. The minimum absolute atomic E-state index is 0.0218. The molecule has 2 aromatic carbocycles. The topological polar surface area (TPSA) is 66.4 Å². The number of hydrogen-bond acceptors (Lipinski definition) is 3. The Morgan fingerprint density at radius 3 is 2.40 bits per heavy atom. The maximum atomic E-state index is 12.8. The summed E-state index contributed by atoms with van der Waals surface area (Å²) in [6, 6.07) is 10.5. The van der Waals surface area contributed by atoms with Crippen LogP contribution in [0, 0.1) is 5.82 Å². The van der Waals surface area contributed by atoms with Gasteiger partial charge in [0.25, 0.3) is 0 Å². The molecule has 6 heteroatoms. The summed E-state index contributed by atoms with van der Waals surface area (Å²) in [6.07, 6.45) is 0. The second kappa shape index (κ2) is 5.60. The number of aromatic hydroxyl groups is 1. The van der Waals surface area contributed by atoms with Crippen LogP contribution in [-0.2, 0) is 10.0 Å². The Morgan fingerprint density at radius 2 is 1.80 bits per heavy atom. The van der Waals surface area contributed by atoms with Crippen molar-refractivity contribution in [2.24, 2.45) is 0 Å². The summed E-state index contributed by atoms with van der Waals surface area (Å²) in [7, 11) is -3.74. The van der Waals surface area contributed by atoms with Crippen molar-refractivity contribution < 1.29 is 17.9 Å². The van der Waals surface area contributed by atoms with Crippen LogP contribution in [0.2, 0.25) is 0 Å². The summed E-state index contributed by atoms with van der Waals surface area (Å²) in [5.74, 6) is -0.501. The molecule has 0 fully saturated rings. The van der Waals surface area contributed by atoms with Crippen molar-refractivity contribution in [3.05, 3.63) is 59.9 Å². The van der Waals surface area contributed by atoms with Crippen LogP contribution in [0.1, 0.15) is 18.5 Å². The lowest BCUT2D eigenvalue weighted by molar-refractivity contribution is 0.473. The van der Waals surface area contributed by atoms with Gasteiger partial charge in [0, 0.05) is 6.04 Å². The highest BCUT2D eigenvalue weighted by molar-refractivity contribution is 7.89. The summed E-state index contributed by atoms with van der Waals surface area (Å²) in [5, 5.41) is 9.32. The first-order valence-corrected chi connectivity index (χ1v) is 7.43. The van der Waals surface area contributed by atoms with Gasteiger partial charge in [0.15, 0.2) is 0 Å². The van der Waals surface area contributed by atoms with Crippen LogP contribution < -0.4 is 4.72 Å². The predicted octanol–water partition coefficient (Wildman–Crippen LogP) is 2.57. The summed E-state index contributed by atoms with van der Waals surface area (Å²) >= 11 is 0. The number of phenols is 1. The molecule has 0 saturated heterocycles. The molecule has 4 nitrogen and oxygen atoms in total. The lowest BCUT2D eigenvalue weighted by Gasteiger charge is -2.14. The Morgan fingerprint density at radius 1 is 1.15 bits per heavy atom. The van der Waals surface area contributed by atoms with Gasteiger partial charge in [-0.2, -0.15) is 0 Å². The van der Waals surface area contributed by atoms with Crippen LogP contribution in [0.5, 0.6) is 5.75 Å². The summed E-state index contributed by atoms with van der Waals surface area (Å²) in [6.45, 7) is 1.66. The average Bonchev–Trinajstić information content (AvgIpc) is 2.39. The van der Waals surface area contributed by atoms with Crippen molar-refractivity contribution in [3.8, 4) is 5.75 Å². The molecule has 0 amide bonds. The van der Waals surface area contributed by atoms with Crippen LogP contribution in [0.25, 0.3) is 0 Å². The molecule has 0 aliphatic rings. The molecule has 0 heterocycles. The van der Waals surface area contributed by atoms with E-state index in [0.29, 0.717) is 5.56 Å². The third kappa shape index (κ3) is 3.34. The first-order chi connectivity index (χ1) is 9.38. The summed E-state index contributed by atoms with van der Waals surface area (Å²) in [5.41, 5.74) is 0.648. The van der Waals surface area contributed by atoms with Gasteiger partial charge in [0.05, 0.1) is 4.90 Å². The molecule has 2 aromatic rings. The molecular formula is C14H14FNO3S. The summed E-state index contributed by atoms with van der Waals surface area (Å²) in [4.78, 5) is -0.0218. The Kier molecular flexibility index (Phi) is 4.06. The Hall–Kier alpha value is -1.92. The number of phenolic OH excluding ortho intramolecular Hbond substituents is 1. The normalized spacial score (nSPS) is 13.1. The van der Waals surface area contributed by atoms with Crippen molar-refractivity contribution in [2.45, 2.75) is 17.9 Å². The van der Waals surface area contributed by atoms with Gasteiger partial charge in [-0.05, 0) is 42.8 Å². The van der Waals surface area contributed by atoms with Gasteiger partial charge < -0.3 is 5.11 Å². The van der Waals surface area contributed by atoms with Crippen LogP contribution in [-0.4, -0.2) is 13.5 Å². The van der Waals surface area contributed by atoms with Gasteiger partial charge in [-0.1, -0.05) is 18.2 Å². The zero-order valence-corrected chi connectivity index (χ0v) is 11.6. The molecule has 1 unspecified atom stereocenters. The van der Waals surface area contributed by atoms with Crippen LogP contribution >= 0.6 is 0 Å². The molecule has 2 rings (SSSR count). The number of benzene rings is 2. The Bertz CT molecular complexity index is 699. The van der Waals surface area contributed by atoms with E-state index in [9.17, 15) is 17.9 Å². The number of rotatable bonds is 4. The van der Waals surface area contributed by atoms with E-state index >= 15 is 0 Å². The molecule has 106 valence electrons. The van der Waals surface area contributed by atoms with Crippen molar-refractivity contribution in [1.82, 2.24) is 4.72 Å². The Balaban J connectivity index is 2.22. The molecule has 0 saturated carbocycles. The van der Waals surface area contributed by atoms with Crippen LogP contribution in [0.4, 0.5) is 4.39 Å². The third-order valence-corrected chi connectivity index (χ3v) is 4.37. The highest BCUT2D eigenvalue weighted by Crippen LogP contribution is 2.19. The fraction of sp³-hybridized carbons (Fsp3) is 0.143. The monoisotopic (exact) mass is 295 g/mol. The van der Waals surface area contributed by atoms with E-state index in [-0.39, 0.29) is 16.5 Å². The lowest BCUT2D eigenvalue weighted by atomic mass is 10.1. The molecule has 0 spiro atoms. The Labute approximate surface area is 116 Å². The van der Waals surface area contributed by atoms with Gasteiger partial charge in [-0.3, -0.25) is 0 Å². The molecule has 0 bridgehead atoms. The van der Waals surface area contributed by atoms with Crippen LogP contribution in [0.3, 0.4) is 0 Å². The fourth-order valence-electron chi connectivity index (χ4n) is 1.77. The molecular weight excluding hydrogens is 281 g/mol. The van der Waals surface area contributed by atoms with E-state index in [1.807, 2.05) is 0 Å². The number of sulfonamides is 1. The van der Waals surface area contributed by atoms with Crippen molar-refractivity contribution in [1.29, 1.82) is 0 Å². The third-order valence-electron chi connectivity index (χ3n) is 2.83. The van der Waals surface area contributed by atoms with Crippen molar-refractivity contribution in [3.63, 3.8) is 0 Å². The lowest BCUT2D eigenvalue weighted by Crippen LogP contribution is -2.26. The molecule has 0 aliphatic carbocycles. The van der Waals surface area contributed by atoms with Gasteiger partial charge in [-0.25, -0.2) is 17.5 Å². The highest BCUT2D eigenvalue weighted by atomic mass is 32.2. The smallest absolute Gasteiger partial charge is 0.241 e. The maximum absolute atomic E-state index is 12.8. The highest BCUT2D eigenvalue weighted by Gasteiger charge is 2.18. The zero-order valence-electron chi connectivity index (χ0n) is 10.7. The van der Waals surface area contributed by atoms with Gasteiger partial charge in [0.2, 0.25) is 10.0 Å². The van der Waals surface area contributed by atoms with Crippen molar-refractivity contribution in [2.75, 3.05) is 0 Å². The molecule has 1 atom stereocenters. The van der Waals surface area contributed by atoms with Crippen LogP contribution in [0.15, 0.2) is 53.4 Å². The second-order valence-electron chi connectivity index (χ2n) is 4.39. The van der Waals surface area contributed by atoms with Crippen molar-refractivity contribution >= 4 is 10.0 Å². The number of hydrogen-bond donors (Lipinski definition) is 2. The van der Waals surface area contributed by atoms with E-state index in [2.05, 4.69) is 4.72 Å². The zero-order chi connectivity index (χ0) is 14.8. The fourth-order valence-corrected chi connectivity index (χ4v) is 3.04. The van der Waals surface area contributed by atoms with E-state index in [1.165, 1.54) is 48.5 Å². The first-order valence-electron chi connectivity index (χ1n) is 5.95. The van der Waals surface area contributed by atoms with E-state index in [1.54, 1.807) is 6.92 Å². The average molecular weight is 295 g/mol. The quantitative estimate of drug-likeness (QED) is 0.911. The predicted molar refractivity (Wildman–Crippen MR) is 73.2 cm³/mol. The molecule has 0 aromatic heterocycles. The minimum atomic E-state index is -3.74. The second-order valence-corrected chi connectivity index (χ2v) is 6.11. The van der Waals surface area contributed by atoms with Gasteiger partial charge >= 0.3 is 0 Å². The summed E-state index contributed by atoms with van der Waals surface area (Å²) < 4.78 is 39.6. The van der Waals surface area contributed by atoms with E-state index < -0.39 is 16.1 Å². The molecule has 2 N–H and O–H groups in total. The number of nitrogens with one attached hydrogen (secondary N) is 1. The van der Waals surface area contributed by atoms with Gasteiger partial charge in [0.1, 0.15) is 11.6 Å². The maximum Gasteiger partial charge on any atom is 0.241 e. The van der Waals surface area contributed by atoms with E-state index in [4.69, 9.17) is 0 Å². The standard InChI is InChI=1S/C14H14FNO3S/c1-10(11-5-7-12(15)8-6-11)16-20(18,19)14-4-2-3-13(17)9-14/h2-10,16-17H,1H3. The number of halogens is 1. The SMILES string of the molecule is CC(NS(=O)(=O)c1cccc(O)c1)c1ccc(F)cc1.